The summed E-state index contributed by atoms with van der Waals surface area (Å²) in [6.45, 7) is 5.16. The molecule has 3 aromatic rings. The summed E-state index contributed by atoms with van der Waals surface area (Å²) >= 11 is 0. The van der Waals surface area contributed by atoms with Crippen LogP contribution < -0.4 is 4.74 Å². The number of carbonyl (C=O) groups excluding carboxylic acids is 3. The molecule has 1 heterocycles. The first kappa shape index (κ1) is 25.8. The second-order valence-electron chi connectivity index (χ2n) is 8.73. The summed E-state index contributed by atoms with van der Waals surface area (Å²) < 4.78 is 52.6. The molecule has 0 amide bonds. The molecular weight excluding hydrogens is 467 g/mol. The van der Waals surface area contributed by atoms with Crippen LogP contribution in [0.1, 0.15) is 49.0 Å². The number of ketones is 1. The first-order valence-corrected chi connectivity index (χ1v) is 10.6. The second-order valence-corrected chi connectivity index (χ2v) is 8.73. The lowest BCUT2D eigenvalue weighted by atomic mass is 9.91. The minimum Gasteiger partial charge on any atom is -0.469 e. The zero-order valence-electron chi connectivity index (χ0n) is 19.5. The average molecular weight is 491 g/mol. The van der Waals surface area contributed by atoms with Gasteiger partial charge in [0.15, 0.2) is 5.78 Å². The van der Waals surface area contributed by atoms with Crippen LogP contribution in [0.4, 0.5) is 18.0 Å². The number of ether oxygens (including phenoxy) is 3. The molecule has 0 N–H and O–H groups in total. The quantitative estimate of drug-likeness (QED) is 0.318. The summed E-state index contributed by atoms with van der Waals surface area (Å²) in [5.74, 6) is -2.76. The van der Waals surface area contributed by atoms with Crippen LogP contribution in [0.3, 0.4) is 0 Å². The van der Waals surface area contributed by atoms with Gasteiger partial charge in [-0.25, -0.2) is 4.79 Å². The molecule has 0 radical (unpaired) electrons. The van der Waals surface area contributed by atoms with Gasteiger partial charge in [0.2, 0.25) is 0 Å². The summed E-state index contributed by atoms with van der Waals surface area (Å²) in [6, 6.07) is 11.2. The van der Waals surface area contributed by atoms with E-state index in [9.17, 15) is 27.6 Å². The molecule has 0 spiro atoms. The van der Waals surface area contributed by atoms with Gasteiger partial charge in [0.25, 0.3) is 0 Å². The molecule has 0 aliphatic heterocycles. The Labute approximate surface area is 199 Å². The molecule has 10 heteroatoms. The Kier molecular flexibility index (Phi) is 7.23. The van der Waals surface area contributed by atoms with Crippen LogP contribution in [-0.2, 0) is 14.3 Å². The lowest BCUT2D eigenvalue weighted by Crippen LogP contribution is -2.26. The summed E-state index contributed by atoms with van der Waals surface area (Å²) in [5.41, 5.74) is 0.183. The number of aromatic nitrogens is 1. The molecule has 35 heavy (non-hydrogen) atoms. The number of benzene rings is 2. The molecule has 1 unspecified atom stereocenters. The summed E-state index contributed by atoms with van der Waals surface area (Å²) in [4.78, 5) is 38.4. The van der Waals surface area contributed by atoms with Gasteiger partial charge in [0.1, 0.15) is 11.4 Å². The molecule has 0 saturated carbocycles. The van der Waals surface area contributed by atoms with Crippen LogP contribution >= 0.6 is 0 Å². The Balaban J connectivity index is 1.96. The Morgan fingerprint density at radius 1 is 0.971 bits per heavy atom. The standard InChI is InChI=1S/C25H24F3NO6/c1-24(2,3)35-23(32)29-14-19(17-7-5-6-8-20(17)29)18(22(31)33-4)13-21(30)15-9-11-16(12-10-15)34-25(26,27)28/h5-12,14,18H,13H2,1-4H3. The Morgan fingerprint density at radius 3 is 2.17 bits per heavy atom. The van der Waals surface area contributed by atoms with Crippen molar-refractivity contribution in [2.24, 2.45) is 0 Å². The first-order chi connectivity index (χ1) is 16.3. The van der Waals surface area contributed by atoms with Crippen molar-refractivity contribution in [2.45, 2.75) is 45.1 Å². The number of para-hydroxylation sites is 1. The maximum atomic E-state index is 12.9. The number of esters is 1. The highest BCUT2D eigenvalue weighted by molar-refractivity contribution is 6.01. The summed E-state index contributed by atoms with van der Waals surface area (Å²) in [5, 5.41) is 0.551. The van der Waals surface area contributed by atoms with E-state index in [1.54, 1.807) is 45.0 Å². The molecule has 186 valence electrons. The highest BCUT2D eigenvalue weighted by atomic mass is 19.4. The minimum absolute atomic E-state index is 0.0873. The van der Waals surface area contributed by atoms with Crippen LogP contribution in [0.2, 0.25) is 0 Å². The smallest absolute Gasteiger partial charge is 0.469 e. The number of hydrogen-bond acceptors (Lipinski definition) is 6. The normalized spacial score (nSPS) is 12.8. The van der Waals surface area contributed by atoms with E-state index in [0.717, 1.165) is 12.1 Å². The van der Waals surface area contributed by atoms with Gasteiger partial charge < -0.3 is 14.2 Å². The van der Waals surface area contributed by atoms with Gasteiger partial charge in [-0.05, 0) is 56.7 Å². The van der Waals surface area contributed by atoms with Gasteiger partial charge in [-0.3, -0.25) is 14.2 Å². The summed E-state index contributed by atoms with van der Waals surface area (Å²) in [7, 11) is 1.18. The van der Waals surface area contributed by atoms with E-state index in [1.807, 2.05) is 0 Å². The van der Waals surface area contributed by atoms with Crippen molar-refractivity contribution in [3.8, 4) is 5.75 Å². The largest absolute Gasteiger partial charge is 0.573 e. The van der Waals surface area contributed by atoms with Crippen molar-refractivity contribution in [1.82, 2.24) is 4.57 Å². The topological polar surface area (TPSA) is 83.8 Å². The van der Waals surface area contributed by atoms with E-state index < -0.39 is 41.5 Å². The Bertz CT molecular complexity index is 1240. The second kappa shape index (κ2) is 9.81. The lowest BCUT2D eigenvalue weighted by Gasteiger charge is -2.19. The third kappa shape index (κ3) is 6.40. The molecule has 0 saturated heterocycles. The van der Waals surface area contributed by atoms with Gasteiger partial charge in [0.05, 0.1) is 18.5 Å². The third-order valence-corrected chi connectivity index (χ3v) is 4.99. The van der Waals surface area contributed by atoms with E-state index in [1.165, 1.54) is 30.0 Å². The zero-order chi connectivity index (χ0) is 26.0. The van der Waals surface area contributed by atoms with Crippen LogP contribution in [0.25, 0.3) is 10.9 Å². The van der Waals surface area contributed by atoms with Gasteiger partial charge in [-0.1, -0.05) is 18.2 Å². The van der Waals surface area contributed by atoms with Gasteiger partial charge in [-0.2, -0.15) is 0 Å². The summed E-state index contributed by atoms with van der Waals surface area (Å²) in [6.07, 6.45) is -4.42. The fourth-order valence-electron chi connectivity index (χ4n) is 3.55. The van der Waals surface area contributed by atoms with E-state index in [4.69, 9.17) is 9.47 Å². The van der Waals surface area contributed by atoms with E-state index >= 15 is 0 Å². The molecule has 2 aromatic carbocycles. The SMILES string of the molecule is COC(=O)C(CC(=O)c1ccc(OC(F)(F)F)cc1)c1cn(C(=O)OC(C)(C)C)c2ccccc12. The molecule has 0 fully saturated rings. The number of hydrogen-bond donors (Lipinski definition) is 0. The number of methoxy groups -OCH3 is 1. The van der Waals surface area contributed by atoms with E-state index in [2.05, 4.69) is 4.74 Å². The maximum absolute atomic E-state index is 12.9. The van der Waals surface area contributed by atoms with Crippen molar-refractivity contribution >= 4 is 28.7 Å². The van der Waals surface area contributed by atoms with Gasteiger partial charge in [0, 0.05) is 23.6 Å². The fourth-order valence-corrected chi connectivity index (χ4v) is 3.55. The van der Waals surface area contributed by atoms with Crippen LogP contribution in [0.5, 0.6) is 5.75 Å². The number of fused-ring (bicyclic) bond motifs is 1. The monoisotopic (exact) mass is 491 g/mol. The molecule has 1 atom stereocenters. The molecule has 0 aliphatic rings. The van der Waals surface area contributed by atoms with Crippen molar-refractivity contribution in [3.05, 3.63) is 65.9 Å². The number of rotatable bonds is 6. The van der Waals surface area contributed by atoms with E-state index in [-0.39, 0.29) is 12.0 Å². The van der Waals surface area contributed by atoms with Crippen LogP contribution in [0, 0.1) is 0 Å². The van der Waals surface area contributed by atoms with Crippen molar-refractivity contribution in [1.29, 1.82) is 0 Å². The third-order valence-electron chi connectivity index (χ3n) is 4.99. The minimum atomic E-state index is -4.86. The maximum Gasteiger partial charge on any atom is 0.573 e. The van der Waals surface area contributed by atoms with Crippen molar-refractivity contribution in [3.63, 3.8) is 0 Å². The van der Waals surface area contributed by atoms with Crippen LogP contribution in [0.15, 0.2) is 54.7 Å². The molecule has 7 nitrogen and oxygen atoms in total. The molecule has 1 aromatic heterocycles. The van der Waals surface area contributed by atoms with Gasteiger partial charge >= 0.3 is 18.4 Å². The van der Waals surface area contributed by atoms with Gasteiger partial charge in [-0.15, -0.1) is 13.2 Å². The lowest BCUT2D eigenvalue weighted by molar-refractivity contribution is -0.274. The molecule has 3 rings (SSSR count). The highest BCUT2D eigenvalue weighted by Gasteiger charge is 2.32. The zero-order valence-corrected chi connectivity index (χ0v) is 19.5. The predicted octanol–water partition coefficient (Wildman–Crippen LogP) is 5.85. The first-order valence-electron chi connectivity index (χ1n) is 10.6. The van der Waals surface area contributed by atoms with Crippen molar-refractivity contribution < 1.29 is 41.8 Å². The van der Waals surface area contributed by atoms with Crippen molar-refractivity contribution in [2.75, 3.05) is 7.11 Å². The van der Waals surface area contributed by atoms with E-state index in [0.29, 0.717) is 16.5 Å². The average Bonchev–Trinajstić information content (AvgIpc) is 3.15. The molecule has 0 bridgehead atoms. The number of halogens is 3. The highest BCUT2D eigenvalue weighted by Crippen LogP contribution is 2.33. The Hall–Kier alpha value is -3.82. The number of nitrogens with zero attached hydrogens (tertiary/aromatic N) is 1. The number of alkyl halides is 3. The molecular formula is C25H24F3NO6. The predicted molar refractivity (Wildman–Crippen MR) is 120 cm³/mol. The molecule has 0 aliphatic carbocycles. The number of Topliss-reactive ketones (excluding diaryl/α,β-unsaturated/α-hetero) is 1. The van der Waals surface area contributed by atoms with Crippen LogP contribution in [-0.4, -0.2) is 41.5 Å². The fraction of sp³-hybridized carbons (Fsp3) is 0.320. The number of carbonyl (C=O) groups is 3. The Morgan fingerprint density at radius 2 is 1.60 bits per heavy atom.